The molecule has 4 nitrogen and oxygen atoms in total. The highest BCUT2D eigenvalue weighted by Crippen LogP contribution is 2.19. The Morgan fingerprint density at radius 1 is 1.30 bits per heavy atom. The Morgan fingerprint density at radius 3 is 2.80 bits per heavy atom. The summed E-state index contributed by atoms with van der Waals surface area (Å²) in [6.07, 6.45) is 7.40. The second-order valence-corrected chi connectivity index (χ2v) is 6.37. The molecule has 0 radical (unpaired) electrons. The van der Waals surface area contributed by atoms with Crippen LogP contribution in [0.5, 0.6) is 0 Å². The summed E-state index contributed by atoms with van der Waals surface area (Å²) in [5.41, 5.74) is 3.14. The van der Waals surface area contributed by atoms with Crippen molar-refractivity contribution in [2.45, 2.75) is 65.0 Å². The first-order valence-corrected chi connectivity index (χ1v) is 7.37. The molecule has 0 spiro atoms. The summed E-state index contributed by atoms with van der Waals surface area (Å²) in [4.78, 5) is 16.2. The topological polar surface area (TPSA) is 51.2 Å². The maximum atomic E-state index is 11.6. The van der Waals surface area contributed by atoms with E-state index in [0.29, 0.717) is 6.54 Å². The Balaban J connectivity index is 1.94. The molecule has 2 rings (SSSR count). The van der Waals surface area contributed by atoms with E-state index in [9.17, 15) is 4.79 Å². The van der Waals surface area contributed by atoms with Gasteiger partial charge in [-0.05, 0) is 57.6 Å². The third kappa shape index (κ3) is 4.51. The van der Waals surface area contributed by atoms with Gasteiger partial charge in [-0.3, -0.25) is 4.98 Å². The Hall–Kier alpha value is -1.58. The molecule has 1 aliphatic rings. The Kier molecular flexibility index (Phi) is 4.63. The molecule has 1 amide bonds. The molecule has 1 aromatic rings. The molecule has 0 aliphatic heterocycles. The number of aromatic nitrogens is 1. The number of hydrogen-bond acceptors (Lipinski definition) is 3. The molecular weight excluding hydrogens is 252 g/mol. The number of alkyl carbamates (subject to hydrolysis) is 1. The third-order valence-corrected chi connectivity index (χ3v) is 3.31. The SMILES string of the molecule is CC(C)(C)OC(=O)NCc1cnc2c(c1)CCCCC2. The van der Waals surface area contributed by atoms with Crippen molar-refractivity contribution in [2.75, 3.05) is 0 Å². The number of nitrogens with one attached hydrogen (secondary N) is 1. The smallest absolute Gasteiger partial charge is 0.407 e. The highest BCUT2D eigenvalue weighted by Gasteiger charge is 2.16. The standard InChI is InChI=1S/C16H24N2O2/c1-16(2,3)20-15(19)18-11-12-9-13-7-5-4-6-8-14(13)17-10-12/h9-10H,4-8,11H2,1-3H3,(H,18,19). The summed E-state index contributed by atoms with van der Waals surface area (Å²) in [5.74, 6) is 0. The van der Waals surface area contributed by atoms with Gasteiger partial charge in [0.2, 0.25) is 0 Å². The molecule has 1 aromatic heterocycles. The van der Waals surface area contributed by atoms with Gasteiger partial charge in [-0.2, -0.15) is 0 Å². The number of nitrogens with zero attached hydrogens (tertiary/aromatic N) is 1. The zero-order valence-electron chi connectivity index (χ0n) is 12.7. The highest BCUT2D eigenvalue weighted by atomic mass is 16.6. The number of pyridine rings is 1. The minimum atomic E-state index is -0.462. The molecule has 110 valence electrons. The van der Waals surface area contributed by atoms with Gasteiger partial charge in [-0.1, -0.05) is 12.5 Å². The predicted octanol–water partition coefficient (Wildman–Crippen LogP) is 3.38. The van der Waals surface area contributed by atoms with Crippen LogP contribution >= 0.6 is 0 Å². The van der Waals surface area contributed by atoms with Crippen LogP contribution in [-0.4, -0.2) is 16.7 Å². The van der Waals surface area contributed by atoms with E-state index < -0.39 is 5.60 Å². The lowest BCUT2D eigenvalue weighted by Crippen LogP contribution is -2.32. The lowest BCUT2D eigenvalue weighted by atomic mass is 10.1. The van der Waals surface area contributed by atoms with Gasteiger partial charge in [0.15, 0.2) is 0 Å². The number of carbonyl (C=O) groups is 1. The monoisotopic (exact) mass is 276 g/mol. The van der Waals surface area contributed by atoms with Gasteiger partial charge in [0, 0.05) is 18.4 Å². The van der Waals surface area contributed by atoms with E-state index in [1.807, 2.05) is 27.0 Å². The minimum Gasteiger partial charge on any atom is -0.444 e. The van der Waals surface area contributed by atoms with Crippen molar-refractivity contribution in [3.8, 4) is 0 Å². The number of carbonyl (C=O) groups excluding carboxylic acids is 1. The minimum absolute atomic E-state index is 0.382. The summed E-state index contributed by atoms with van der Waals surface area (Å²) < 4.78 is 5.22. The molecule has 0 atom stereocenters. The second-order valence-electron chi connectivity index (χ2n) is 6.37. The Bertz CT molecular complexity index is 478. The predicted molar refractivity (Wildman–Crippen MR) is 78.6 cm³/mol. The van der Waals surface area contributed by atoms with Crippen LogP contribution in [0.2, 0.25) is 0 Å². The number of fused-ring (bicyclic) bond motifs is 1. The quantitative estimate of drug-likeness (QED) is 0.842. The van der Waals surface area contributed by atoms with Gasteiger partial charge in [-0.25, -0.2) is 4.79 Å². The van der Waals surface area contributed by atoms with Crippen LogP contribution in [0.25, 0.3) is 0 Å². The van der Waals surface area contributed by atoms with Gasteiger partial charge in [0.05, 0.1) is 0 Å². The van der Waals surface area contributed by atoms with Crippen LogP contribution in [0, 0.1) is 0 Å². The van der Waals surface area contributed by atoms with Gasteiger partial charge in [0.25, 0.3) is 0 Å². The van der Waals surface area contributed by atoms with E-state index in [4.69, 9.17) is 4.74 Å². The highest BCUT2D eigenvalue weighted by molar-refractivity contribution is 5.67. The normalized spacial score (nSPS) is 15.2. The fraction of sp³-hybridized carbons (Fsp3) is 0.625. The number of aryl methyl sites for hydroxylation is 2. The first-order chi connectivity index (χ1) is 9.44. The first-order valence-electron chi connectivity index (χ1n) is 7.37. The van der Waals surface area contributed by atoms with Crippen molar-refractivity contribution in [3.63, 3.8) is 0 Å². The van der Waals surface area contributed by atoms with Gasteiger partial charge in [0.1, 0.15) is 5.60 Å². The van der Waals surface area contributed by atoms with Crippen molar-refractivity contribution in [1.29, 1.82) is 0 Å². The van der Waals surface area contributed by atoms with Crippen LogP contribution in [-0.2, 0) is 24.1 Å². The first kappa shape index (κ1) is 14.8. The molecule has 1 heterocycles. The van der Waals surface area contributed by atoms with Gasteiger partial charge < -0.3 is 10.1 Å². The molecule has 1 aliphatic carbocycles. The maximum Gasteiger partial charge on any atom is 0.407 e. The van der Waals surface area contributed by atoms with Crippen LogP contribution in [0.15, 0.2) is 12.3 Å². The lowest BCUT2D eigenvalue weighted by molar-refractivity contribution is 0.0523. The van der Waals surface area contributed by atoms with Crippen molar-refractivity contribution < 1.29 is 9.53 Å². The molecule has 0 unspecified atom stereocenters. The second kappa shape index (κ2) is 6.25. The summed E-state index contributed by atoms with van der Waals surface area (Å²) in [5, 5.41) is 2.78. The van der Waals surface area contributed by atoms with Crippen molar-refractivity contribution in [3.05, 3.63) is 29.1 Å². The summed E-state index contributed by atoms with van der Waals surface area (Å²) >= 11 is 0. The van der Waals surface area contributed by atoms with E-state index >= 15 is 0 Å². The summed E-state index contributed by atoms with van der Waals surface area (Å²) in [6, 6.07) is 2.17. The maximum absolute atomic E-state index is 11.6. The summed E-state index contributed by atoms with van der Waals surface area (Å²) in [7, 11) is 0. The fourth-order valence-electron chi connectivity index (χ4n) is 2.40. The molecule has 0 aromatic carbocycles. The van der Waals surface area contributed by atoms with E-state index in [-0.39, 0.29) is 6.09 Å². The van der Waals surface area contributed by atoms with Crippen LogP contribution in [0.1, 0.15) is 56.9 Å². The van der Waals surface area contributed by atoms with E-state index in [0.717, 1.165) is 18.4 Å². The van der Waals surface area contributed by atoms with Crippen molar-refractivity contribution >= 4 is 6.09 Å². The molecule has 4 heteroatoms. The Labute approximate surface area is 120 Å². The zero-order chi connectivity index (χ0) is 14.6. The van der Waals surface area contributed by atoms with Crippen LogP contribution < -0.4 is 5.32 Å². The number of amides is 1. The fourth-order valence-corrected chi connectivity index (χ4v) is 2.40. The average molecular weight is 276 g/mol. The zero-order valence-corrected chi connectivity index (χ0v) is 12.7. The molecule has 0 fully saturated rings. The third-order valence-electron chi connectivity index (χ3n) is 3.31. The van der Waals surface area contributed by atoms with E-state index in [2.05, 4.69) is 16.4 Å². The van der Waals surface area contributed by atoms with Gasteiger partial charge in [-0.15, -0.1) is 0 Å². The Morgan fingerprint density at radius 2 is 2.05 bits per heavy atom. The van der Waals surface area contributed by atoms with Crippen LogP contribution in [0.4, 0.5) is 4.79 Å². The molecule has 20 heavy (non-hydrogen) atoms. The molecule has 0 saturated heterocycles. The molecular formula is C16H24N2O2. The molecule has 0 bridgehead atoms. The van der Waals surface area contributed by atoms with Crippen molar-refractivity contribution in [2.24, 2.45) is 0 Å². The number of ether oxygens (including phenoxy) is 1. The molecule has 1 N–H and O–H groups in total. The summed E-state index contributed by atoms with van der Waals surface area (Å²) in [6.45, 7) is 6.04. The largest absolute Gasteiger partial charge is 0.444 e. The average Bonchev–Trinajstić information content (AvgIpc) is 2.58. The molecule has 0 saturated carbocycles. The van der Waals surface area contributed by atoms with Gasteiger partial charge >= 0.3 is 6.09 Å². The van der Waals surface area contributed by atoms with E-state index in [1.165, 1.54) is 30.5 Å². The number of rotatable bonds is 2. The van der Waals surface area contributed by atoms with E-state index in [1.54, 1.807) is 0 Å². The lowest BCUT2D eigenvalue weighted by Gasteiger charge is -2.19. The van der Waals surface area contributed by atoms with Crippen molar-refractivity contribution in [1.82, 2.24) is 10.3 Å². The van der Waals surface area contributed by atoms with Crippen LogP contribution in [0.3, 0.4) is 0 Å². The number of hydrogen-bond donors (Lipinski definition) is 1.